The van der Waals surface area contributed by atoms with Gasteiger partial charge in [-0.2, -0.15) is 5.10 Å². The zero-order chi connectivity index (χ0) is 21.7. The van der Waals surface area contributed by atoms with E-state index in [1.807, 2.05) is 11.0 Å². The molecular weight excluding hydrogens is 382 g/mol. The van der Waals surface area contributed by atoms with Crippen LogP contribution in [0, 0.1) is 0 Å². The molecule has 2 heterocycles. The number of aromatic amines is 1. The van der Waals surface area contributed by atoms with Gasteiger partial charge in [-0.25, -0.2) is 4.79 Å². The molecule has 0 saturated carbocycles. The smallest absolute Gasteiger partial charge is 0.331 e. The molecule has 1 aliphatic heterocycles. The van der Waals surface area contributed by atoms with Crippen LogP contribution in [0.25, 0.3) is 11.1 Å². The lowest BCUT2D eigenvalue weighted by molar-refractivity contribution is -0.132. The van der Waals surface area contributed by atoms with Crippen molar-refractivity contribution in [2.45, 2.75) is 25.8 Å². The Labute approximate surface area is 175 Å². The Morgan fingerprint density at radius 3 is 2.87 bits per heavy atom. The molecule has 2 N–H and O–H groups in total. The van der Waals surface area contributed by atoms with Crippen molar-refractivity contribution in [2.24, 2.45) is 0 Å². The average molecular weight is 407 g/mol. The SMILES string of the molecule is C=C(/C=C\C=C(/C)C(=O)O)[C@H]1CCCN1C(=O)c1ccc(-c2cn[nH]c2)c(OC)c1. The van der Waals surface area contributed by atoms with Crippen molar-refractivity contribution in [3.05, 3.63) is 72.1 Å². The van der Waals surface area contributed by atoms with Crippen molar-refractivity contribution in [2.75, 3.05) is 13.7 Å². The number of H-pyrrole nitrogens is 1. The van der Waals surface area contributed by atoms with E-state index >= 15 is 0 Å². The first-order valence-corrected chi connectivity index (χ1v) is 9.67. The maximum Gasteiger partial charge on any atom is 0.331 e. The number of likely N-dealkylation sites (tertiary alicyclic amines) is 1. The number of ether oxygens (including phenoxy) is 1. The molecular formula is C23H25N3O4. The molecule has 1 aromatic carbocycles. The van der Waals surface area contributed by atoms with E-state index in [1.165, 1.54) is 13.0 Å². The molecule has 0 aliphatic carbocycles. The summed E-state index contributed by atoms with van der Waals surface area (Å²) >= 11 is 0. The van der Waals surface area contributed by atoms with Crippen molar-refractivity contribution in [1.29, 1.82) is 0 Å². The van der Waals surface area contributed by atoms with Crippen LogP contribution in [-0.2, 0) is 4.79 Å². The molecule has 1 atom stereocenters. The van der Waals surface area contributed by atoms with E-state index in [1.54, 1.807) is 43.8 Å². The molecule has 1 aliphatic rings. The number of benzene rings is 1. The zero-order valence-electron chi connectivity index (χ0n) is 17.1. The Morgan fingerprint density at radius 2 is 2.20 bits per heavy atom. The van der Waals surface area contributed by atoms with Crippen LogP contribution in [0.15, 0.2) is 66.5 Å². The molecule has 1 aromatic heterocycles. The molecule has 1 fully saturated rings. The normalized spacial score (nSPS) is 16.8. The number of amides is 1. The zero-order valence-corrected chi connectivity index (χ0v) is 17.1. The van der Waals surface area contributed by atoms with Crippen LogP contribution in [0.2, 0.25) is 0 Å². The molecule has 7 nitrogen and oxygen atoms in total. The van der Waals surface area contributed by atoms with Crippen LogP contribution in [0.3, 0.4) is 0 Å². The number of carbonyl (C=O) groups is 2. The summed E-state index contributed by atoms with van der Waals surface area (Å²) < 4.78 is 5.50. The summed E-state index contributed by atoms with van der Waals surface area (Å²) in [6, 6.07) is 5.28. The van der Waals surface area contributed by atoms with Crippen LogP contribution < -0.4 is 4.74 Å². The summed E-state index contributed by atoms with van der Waals surface area (Å²) in [5, 5.41) is 15.7. The monoisotopic (exact) mass is 407 g/mol. The van der Waals surface area contributed by atoms with Crippen molar-refractivity contribution in [3.63, 3.8) is 0 Å². The molecule has 30 heavy (non-hydrogen) atoms. The number of rotatable bonds is 7. The van der Waals surface area contributed by atoms with E-state index in [9.17, 15) is 9.59 Å². The van der Waals surface area contributed by atoms with E-state index < -0.39 is 5.97 Å². The number of nitrogens with one attached hydrogen (secondary N) is 1. The number of methoxy groups -OCH3 is 1. The number of carbonyl (C=O) groups excluding carboxylic acids is 1. The lowest BCUT2D eigenvalue weighted by Crippen LogP contribution is -2.36. The maximum absolute atomic E-state index is 13.2. The van der Waals surface area contributed by atoms with E-state index in [0.717, 1.165) is 29.5 Å². The highest BCUT2D eigenvalue weighted by atomic mass is 16.5. The topological polar surface area (TPSA) is 95.5 Å². The fourth-order valence-electron chi connectivity index (χ4n) is 3.52. The minimum atomic E-state index is -0.962. The Kier molecular flexibility index (Phi) is 6.51. The van der Waals surface area contributed by atoms with E-state index in [-0.39, 0.29) is 17.5 Å². The van der Waals surface area contributed by atoms with Crippen LogP contribution in [0.5, 0.6) is 5.75 Å². The van der Waals surface area contributed by atoms with Gasteiger partial charge in [-0.05, 0) is 43.5 Å². The van der Waals surface area contributed by atoms with Gasteiger partial charge in [-0.15, -0.1) is 0 Å². The van der Waals surface area contributed by atoms with Crippen molar-refractivity contribution in [3.8, 4) is 16.9 Å². The minimum absolute atomic E-state index is 0.0821. The quantitative estimate of drug-likeness (QED) is 0.537. The molecule has 2 aromatic rings. The highest BCUT2D eigenvalue weighted by Crippen LogP contribution is 2.32. The fourth-order valence-corrected chi connectivity index (χ4v) is 3.52. The number of aromatic nitrogens is 2. The second kappa shape index (κ2) is 9.26. The standard InChI is InChI=1S/C23H25N3O4/c1-15(6-4-7-16(2)23(28)29)20-8-5-11-26(20)22(27)17-9-10-19(21(12-17)30-3)18-13-24-25-14-18/h4,6-7,9-10,12-14,20H,1,5,8,11H2,2-3H3,(H,24,25)(H,28,29)/b6-4-,16-7+/t20-/m1/s1. The van der Waals surface area contributed by atoms with E-state index in [2.05, 4.69) is 16.8 Å². The molecule has 7 heteroatoms. The number of allylic oxidation sites excluding steroid dienone is 2. The number of hydrogen-bond acceptors (Lipinski definition) is 4. The lowest BCUT2D eigenvalue weighted by Gasteiger charge is -2.25. The maximum atomic E-state index is 13.2. The first kappa shape index (κ1) is 21.1. The molecule has 0 bridgehead atoms. The summed E-state index contributed by atoms with van der Waals surface area (Å²) in [5.74, 6) is -0.442. The molecule has 1 amide bonds. The van der Waals surface area contributed by atoms with Gasteiger partial charge in [0.05, 0.1) is 19.3 Å². The number of carboxylic acid groups (broad SMARTS) is 1. The second-order valence-electron chi connectivity index (χ2n) is 7.15. The predicted octanol–water partition coefficient (Wildman–Crippen LogP) is 3.83. The Morgan fingerprint density at radius 1 is 1.40 bits per heavy atom. The third-order valence-electron chi connectivity index (χ3n) is 5.19. The number of hydrogen-bond donors (Lipinski definition) is 2. The van der Waals surface area contributed by atoms with Gasteiger partial charge in [0.1, 0.15) is 5.75 Å². The first-order chi connectivity index (χ1) is 14.4. The van der Waals surface area contributed by atoms with Gasteiger partial charge in [0.15, 0.2) is 0 Å². The molecule has 1 saturated heterocycles. The highest BCUT2D eigenvalue weighted by molar-refractivity contribution is 5.96. The van der Waals surface area contributed by atoms with Gasteiger partial charge in [-0.1, -0.05) is 24.8 Å². The third-order valence-corrected chi connectivity index (χ3v) is 5.19. The summed E-state index contributed by atoms with van der Waals surface area (Å²) in [7, 11) is 1.57. The Hall–Kier alpha value is -3.61. The Bertz CT molecular complexity index is 1010. The van der Waals surface area contributed by atoms with Crippen LogP contribution in [0.4, 0.5) is 0 Å². The van der Waals surface area contributed by atoms with Crippen molar-refractivity contribution < 1.29 is 19.4 Å². The van der Waals surface area contributed by atoms with Crippen molar-refractivity contribution in [1.82, 2.24) is 15.1 Å². The molecule has 0 unspecified atom stereocenters. The summed E-state index contributed by atoms with van der Waals surface area (Å²) in [5.41, 5.74) is 3.30. The van der Waals surface area contributed by atoms with Gasteiger partial charge in [0, 0.05) is 35.0 Å². The number of carboxylic acids is 1. The molecule has 3 rings (SSSR count). The number of nitrogens with zero attached hydrogens (tertiary/aromatic N) is 2. The van der Waals surface area contributed by atoms with Gasteiger partial charge >= 0.3 is 5.97 Å². The van der Waals surface area contributed by atoms with Crippen molar-refractivity contribution >= 4 is 11.9 Å². The van der Waals surface area contributed by atoms with Crippen LogP contribution >= 0.6 is 0 Å². The highest BCUT2D eigenvalue weighted by Gasteiger charge is 2.30. The van der Waals surface area contributed by atoms with Crippen LogP contribution in [0.1, 0.15) is 30.1 Å². The average Bonchev–Trinajstić information content (AvgIpc) is 3.44. The predicted molar refractivity (Wildman–Crippen MR) is 114 cm³/mol. The van der Waals surface area contributed by atoms with Gasteiger partial charge in [-0.3, -0.25) is 9.89 Å². The summed E-state index contributed by atoms with van der Waals surface area (Å²) in [6.45, 7) is 6.27. The molecule has 156 valence electrons. The van der Waals surface area contributed by atoms with Gasteiger partial charge < -0.3 is 14.7 Å². The van der Waals surface area contributed by atoms with E-state index in [0.29, 0.717) is 17.9 Å². The number of aliphatic carboxylic acids is 1. The lowest BCUT2D eigenvalue weighted by atomic mass is 10.0. The molecule has 0 radical (unpaired) electrons. The third kappa shape index (κ3) is 4.51. The summed E-state index contributed by atoms with van der Waals surface area (Å²) in [6.07, 6.45) is 10.1. The van der Waals surface area contributed by atoms with Crippen LogP contribution in [-0.4, -0.2) is 51.8 Å². The van der Waals surface area contributed by atoms with Gasteiger partial charge in [0.2, 0.25) is 0 Å². The minimum Gasteiger partial charge on any atom is -0.496 e. The largest absolute Gasteiger partial charge is 0.496 e. The first-order valence-electron chi connectivity index (χ1n) is 9.67. The fraction of sp³-hybridized carbons (Fsp3) is 0.261. The molecule has 0 spiro atoms. The summed E-state index contributed by atoms with van der Waals surface area (Å²) in [4.78, 5) is 25.9. The second-order valence-corrected chi connectivity index (χ2v) is 7.15. The van der Waals surface area contributed by atoms with Gasteiger partial charge in [0.25, 0.3) is 5.91 Å². The Balaban J connectivity index is 1.78. The van der Waals surface area contributed by atoms with E-state index in [4.69, 9.17) is 9.84 Å².